The Balaban J connectivity index is 2.00. The van der Waals surface area contributed by atoms with Gasteiger partial charge in [0.15, 0.2) is 5.13 Å². The largest absolute Gasteiger partial charge is 0.469 e. The fraction of sp³-hybridized carbons (Fsp3) is 0.600. The number of hydrogen-bond acceptors (Lipinski definition) is 7. The lowest BCUT2D eigenvalue weighted by Gasteiger charge is -2.25. The van der Waals surface area contributed by atoms with Crippen LogP contribution in [-0.4, -0.2) is 57.1 Å². The van der Waals surface area contributed by atoms with Crippen LogP contribution in [0.3, 0.4) is 0 Å². The number of hydrogen-bond donors (Lipinski definition) is 1. The predicted octanol–water partition coefficient (Wildman–Crippen LogP) is -0.153. The third-order valence-electron chi connectivity index (χ3n) is 2.63. The van der Waals surface area contributed by atoms with E-state index in [4.69, 9.17) is 4.74 Å². The second-order valence-electron chi connectivity index (χ2n) is 4.02. The van der Waals surface area contributed by atoms with Crippen molar-refractivity contribution in [3.05, 3.63) is 11.1 Å². The third kappa shape index (κ3) is 3.88. The lowest BCUT2D eigenvalue weighted by Crippen LogP contribution is -2.43. The van der Waals surface area contributed by atoms with Crippen molar-refractivity contribution in [1.29, 1.82) is 0 Å². The van der Waals surface area contributed by atoms with Gasteiger partial charge in [-0.05, 0) is 0 Å². The first-order valence-electron chi connectivity index (χ1n) is 5.88. The molecule has 2 heterocycles. The van der Waals surface area contributed by atoms with Gasteiger partial charge in [-0.15, -0.1) is 11.3 Å². The molecule has 0 atom stereocenters. The molecule has 0 unspecified atom stereocenters. The minimum atomic E-state index is -3.62. The van der Waals surface area contributed by atoms with Crippen molar-refractivity contribution in [3.8, 4) is 0 Å². The molecule has 0 bridgehead atoms. The van der Waals surface area contributed by atoms with Crippen LogP contribution >= 0.6 is 11.3 Å². The van der Waals surface area contributed by atoms with Gasteiger partial charge in [0, 0.05) is 18.5 Å². The number of carbonyl (C=O) groups is 1. The van der Waals surface area contributed by atoms with Crippen molar-refractivity contribution in [1.82, 2.24) is 9.29 Å². The highest BCUT2D eigenvalue weighted by Crippen LogP contribution is 2.19. The first-order valence-corrected chi connectivity index (χ1v) is 8.20. The number of nitrogens with one attached hydrogen (secondary N) is 1. The van der Waals surface area contributed by atoms with Crippen molar-refractivity contribution >= 4 is 32.6 Å². The van der Waals surface area contributed by atoms with Gasteiger partial charge in [0.05, 0.1) is 32.4 Å². The molecule has 1 fully saturated rings. The molecule has 1 aliphatic heterocycles. The van der Waals surface area contributed by atoms with Crippen molar-refractivity contribution in [2.24, 2.45) is 0 Å². The predicted molar refractivity (Wildman–Crippen MR) is 72.8 cm³/mol. The molecule has 1 aromatic heterocycles. The van der Waals surface area contributed by atoms with Gasteiger partial charge >= 0.3 is 16.2 Å². The van der Waals surface area contributed by atoms with Gasteiger partial charge in [0.1, 0.15) is 0 Å². The summed E-state index contributed by atoms with van der Waals surface area (Å²) in [6.45, 7) is 1.39. The van der Waals surface area contributed by atoms with Crippen molar-refractivity contribution < 1.29 is 22.7 Å². The van der Waals surface area contributed by atoms with Crippen molar-refractivity contribution in [2.45, 2.75) is 6.42 Å². The molecular formula is C10H15N3O5S2. The summed E-state index contributed by atoms with van der Waals surface area (Å²) in [5.74, 6) is -0.419. The quantitative estimate of drug-likeness (QED) is 0.757. The average Bonchev–Trinajstić information content (AvgIpc) is 2.86. The van der Waals surface area contributed by atoms with E-state index in [0.717, 1.165) is 11.3 Å². The van der Waals surface area contributed by atoms with E-state index in [-0.39, 0.29) is 11.6 Å². The van der Waals surface area contributed by atoms with Gasteiger partial charge < -0.3 is 9.47 Å². The molecule has 1 saturated heterocycles. The zero-order valence-corrected chi connectivity index (χ0v) is 12.5. The number of morpholine rings is 1. The van der Waals surface area contributed by atoms with Gasteiger partial charge in [-0.25, -0.2) is 9.71 Å². The van der Waals surface area contributed by atoms with Crippen LogP contribution in [0.4, 0.5) is 5.13 Å². The molecule has 2 rings (SSSR count). The lowest BCUT2D eigenvalue weighted by molar-refractivity contribution is -0.139. The van der Waals surface area contributed by atoms with E-state index in [0.29, 0.717) is 32.0 Å². The molecule has 0 amide bonds. The maximum atomic E-state index is 12.1. The van der Waals surface area contributed by atoms with Gasteiger partial charge in [-0.3, -0.25) is 4.79 Å². The number of methoxy groups -OCH3 is 1. The van der Waals surface area contributed by atoms with E-state index in [9.17, 15) is 13.2 Å². The number of thiazole rings is 1. The molecular weight excluding hydrogens is 306 g/mol. The van der Waals surface area contributed by atoms with Crippen molar-refractivity contribution in [2.75, 3.05) is 38.1 Å². The van der Waals surface area contributed by atoms with Gasteiger partial charge in [0.2, 0.25) is 0 Å². The van der Waals surface area contributed by atoms with E-state index < -0.39 is 16.2 Å². The summed E-state index contributed by atoms with van der Waals surface area (Å²) in [7, 11) is -2.33. The topological polar surface area (TPSA) is 97.8 Å². The fourth-order valence-electron chi connectivity index (χ4n) is 1.62. The number of ether oxygens (including phenoxy) is 2. The zero-order chi connectivity index (χ0) is 14.6. The molecule has 1 aliphatic rings. The van der Waals surface area contributed by atoms with Crippen molar-refractivity contribution in [3.63, 3.8) is 0 Å². The van der Waals surface area contributed by atoms with E-state index in [2.05, 4.69) is 14.4 Å². The minimum absolute atomic E-state index is 0.0201. The molecule has 8 nitrogen and oxygen atoms in total. The number of anilines is 1. The fourth-order valence-corrected chi connectivity index (χ4v) is 3.70. The van der Waals surface area contributed by atoms with Crippen LogP contribution in [0.5, 0.6) is 0 Å². The summed E-state index contributed by atoms with van der Waals surface area (Å²) in [6.07, 6.45) is 0.0201. The highest BCUT2D eigenvalue weighted by atomic mass is 32.2. The average molecular weight is 321 g/mol. The SMILES string of the molecule is COC(=O)Cc1csc(NS(=O)(=O)N2CCOCC2)n1. The van der Waals surface area contributed by atoms with Gasteiger partial charge in [-0.1, -0.05) is 0 Å². The highest BCUT2D eigenvalue weighted by Gasteiger charge is 2.25. The standard InChI is InChI=1S/C10H15N3O5S2/c1-17-9(14)6-8-7-19-10(11-8)12-20(15,16)13-2-4-18-5-3-13/h7H,2-6H2,1H3,(H,11,12). The van der Waals surface area contributed by atoms with Gasteiger partial charge in [-0.2, -0.15) is 12.7 Å². The van der Waals surface area contributed by atoms with Crippen LogP contribution in [0.1, 0.15) is 5.69 Å². The number of nitrogens with zero attached hydrogens (tertiary/aromatic N) is 2. The van der Waals surface area contributed by atoms with E-state index in [1.807, 2.05) is 0 Å². The highest BCUT2D eigenvalue weighted by molar-refractivity contribution is 7.90. The Morgan fingerprint density at radius 2 is 2.25 bits per heavy atom. The Morgan fingerprint density at radius 3 is 2.90 bits per heavy atom. The van der Waals surface area contributed by atoms with Gasteiger partial charge in [0.25, 0.3) is 0 Å². The molecule has 1 N–H and O–H groups in total. The van der Waals surface area contributed by atoms with Crippen LogP contribution in [0.2, 0.25) is 0 Å². The Bertz CT molecular complexity index is 565. The lowest BCUT2D eigenvalue weighted by atomic mass is 10.3. The second-order valence-corrected chi connectivity index (χ2v) is 6.54. The molecule has 112 valence electrons. The normalized spacial score (nSPS) is 16.9. The minimum Gasteiger partial charge on any atom is -0.469 e. The van der Waals surface area contributed by atoms with E-state index in [1.165, 1.54) is 11.4 Å². The summed E-state index contributed by atoms with van der Waals surface area (Å²) in [5, 5.41) is 1.85. The summed E-state index contributed by atoms with van der Waals surface area (Å²) in [6, 6.07) is 0. The molecule has 20 heavy (non-hydrogen) atoms. The molecule has 0 radical (unpaired) electrons. The zero-order valence-electron chi connectivity index (χ0n) is 10.9. The summed E-state index contributed by atoms with van der Waals surface area (Å²) in [4.78, 5) is 15.2. The van der Waals surface area contributed by atoms with Crippen LogP contribution < -0.4 is 4.72 Å². The number of carbonyl (C=O) groups excluding carboxylic acids is 1. The molecule has 0 spiro atoms. The van der Waals surface area contributed by atoms with Crippen LogP contribution in [-0.2, 0) is 30.9 Å². The molecule has 0 aromatic carbocycles. The monoisotopic (exact) mass is 321 g/mol. The molecule has 10 heteroatoms. The summed E-state index contributed by atoms with van der Waals surface area (Å²) in [5.41, 5.74) is 0.474. The Kier molecular flexibility index (Phi) is 4.91. The van der Waals surface area contributed by atoms with Crippen LogP contribution in [0.15, 0.2) is 5.38 Å². The number of aromatic nitrogens is 1. The first kappa shape index (κ1) is 15.2. The second kappa shape index (κ2) is 6.48. The number of rotatable bonds is 5. The first-order chi connectivity index (χ1) is 9.51. The Hall–Kier alpha value is -1.23. The smallest absolute Gasteiger partial charge is 0.311 e. The Labute approximate surface area is 120 Å². The summed E-state index contributed by atoms with van der Waals surface area (Å²) < 4.78 is 37.5. The van der Waals surface area contributed by atoms with Crippen LogP contribution in [0, 0.1) is 0 Å². The molecule has 0 saturated carbocycles. The Morgan fingerprint density at radius 1 is 1.55 bits per heavy atom. The molecule has 0 aliphatic carbocycles. The third-order valence-corrected chi connectivity index (χ3v) is 5.06. The maximum absolute atomic E-state index is 12.1. The summed E-state index contributed by atoms with van der Waals surface area (Å²) >= 11 is 1.13. The molecule has 1 aromatic rings. The number of esters is 1. The van der Waals surface area contributed by atoms with E-state index >= 15 is 0 Å². The van der Waals surface area contributed by atoms with Crippen LogP contribution in [0.25, 0.3) is 0 Å². The van der Waals surface area contributed by atoms with E-state index in [1.54, 1.807) is 5.38 Å². The maximum Gasteiger partial charge on any atom is 0.311 e.